The average Bonchev–Trinajstić information content (AvgIpc) is 3.36. The lowest BCUT2D eigenvalue weighted by molar-refractivity contribution is 0.245. The van der Waals surface area contributed by atoms with Crippen LogP contribution in [0.1, 0.15) is 23.3 Å². The molecule has 0 N–H and O–H groups in total. The first-order valence-corrected chi connectivity index (χ1v) is 10.7. The van der Waals surface area contributed by atoms with Gasteiger partial charge in [0.15, 0.2) is 11.5 Å². The molecule has 0 saturated heterocycles. The van der Waals surface area contributed by atoms with Crippen molar-refractivity contribution < 1.29 is 13.9 Å². The van der Waals surface area contributed by atoms with Gasteiger partial charge < -0.3 is 13.9 Å². The Morgan fingerprint density at radius 1 is 1.10 bits per heavy atom. The lowest BCUT2D eigenvalue weighted by Gasteiger charge is -2.29. The molecule has 0 atom stereocenters. The van der Waals surface area contributed by atoms with Crippen LogP contribution in [-0.2, 0) is 26.1 Å². The molecule has 1 aliphatic heterocycles. The molecule has 160 valence electrons. The van der Waals surface area contributed by atoms with Crippen molar-refractivity contribution in [1.82, 2.24) is 13.4 Å². The van der Waals surface area contributed by atoms with Gasteiger partial charge in [0.1, 0.15) is 5.76 Å². The van der Waals surface area contributed by atoms with Gasteiger partial charge in [0.25, 0.3) is 0 Å². The van der Waals surface area contributed by atoms with E-state index >= 15 is 0 Å². The van der Waals surface area contributed by atoms with Gasteiger partial charge in [-0.3, -0.25) is 9.69 Å². The van der Waals surface area contributed by atoms with Crippen molar-refractivity contribution in [2.75, 3.05) is 27.3 Å². The Kier molecular flexibility index (Phi) is 6.10. The molecule has 0 spiro atoms. The maximum Gasteiger partial charge on any atom is 0.341 e. The minimum Gasteiger partial charge on any atom is -0.493 e. The van der Waals surface area contributed by atoms with E-state index in [2.05, 4.69) is 11.0 Å². The van der Waals surface area contributed by atoms with Crippen LogP contribution in [-0.4, -0.2) is 40.7 Å². The third kappa shape index (κ3) is 4.22. The summed E-state index contributed by atoms with van der Waals surface area (Å²) in [6.07, 6.45) is 3.28. The molecule has 0 radical (unpaired) electrons. The van der Waals surface area contributed by atoms with Crippen LogP contribution in [0.4, 0.5) is 0 Å². The molecule has 9 heteroatoms. The van der Waals surface area contributed by atoms with Crippen LogP contribution in [0.15, 0.2) is 44.5 Å². The van der Waals surface area contributed by atoms with Gasteiger partial charge in [0.05, 0.1) is 27.0 Å². The third-order valence-corrected chi connectivity index (χ3v) is 6.32. The molecule has 3 aromatic rings. The van der Waals surface area contributed by atoms with E-state index in [1.807, 2.05) is 6.07 Å². The largest absolute Gasteiger partial charge is 0.493 e. The SMILES string of the molecule is COc1cc2c(cc1OC)CN(CCCn1sc(=O)n(Cc3ccco3)c1=O)CC2. The number of nitrogens with zero attached hydrogens (tertiary/aromatic N) is 3. The first kappa shape index (κ1) is 20.5. The normalized spacial score (nSPS) is 13.9. The number of aryl methyl sites for hydroxylation is 1. The molecule has 0 saturated carbocycles. The van der Waals surface area contributed by atoms with Gasteiger partial charge in [-0.25, -0.2) is 13.3 Å². The molecule has 1 aliphatic rings. The standard InChI is InChI=1S/C21H25N3O5S/c1-27-18-11-15-6-9-22(13-16(15)12-19(18)28-2)7-4-8-24-20(25)23(21(26)30-24)14-17-5-3-10-29-17/h3,5,10-12H,4,6-9,13-14H2,1-2H3. The molecule has 1 aromatic carbocycles. The van der Waals surface area contributed by atoms with Gasteiger partial charge in [-0.15, -0.1) is 0 Å². The van der Waals surface area contributed by atoms with E-state index in [1.165, 1.54) is 25.9 Å². The van der Waals surface area contributed by atoms with Crippen LogP contribution in [0.3, 0.4) is 0 Å². The highest BCUT2D eigenvalue weighted by Gasteiger charge is 2.19. The minimum absolute atomic E-state index is 0.169. The highest BCUT2D eigenvalue weighted by atomic mass is 32.1. The number of benzene rings is 1. The number of rotatable bonds is 8. The van der Waals surface area contributed by atoms with Crippen LogP contribution in [0.25, 0.3) is 0 Å². The average molecular weight is 432 g/mol. The maximum atomic E-state index is 12.5. The fourth-order valence-corrected chi connectivity index (χ4v) is 4.62. The van der Waals surface area contributed by atoms with Crippen molar-refractivity contribution in [1.29, 1.82) is 0 Å². The monoisotopic (exact) mass is 431 g/mol. The summed E-state index contributed by atoms with van der Waals surface area (Å²) in [5.74, 6) is 2.10. The lowest BCUT2D eigenvalue weighted by Crippen LogP contribution is -2.33. The summed E-state index contributed by atoms with van der Waals surface area (Å²) in [5.41, 5.74) is 2.25. The molecule has 0 bridgehead atoms. The summed E-state index contributed by atoms with van der Waals surface area (Å²) >= 11 is 0.968. The Morgan fingerprint density at radius 3 is 2.57 bits per heavy atom. The molecule has 0 fully saturated rings. The first-order chi connectivity index (χ1) is 14.6. The number of hydrogen-bond acceptors (Lipinski definition) is 7. The zero-order valence-electron chi connectivity index (χ0n) is 17.1. The van der Waals surface area contributed by atoms with Crippen LogP contribution >= 0.6 is 11.5 Å². The highest BCUT2D eigenvalue weighted by Crippen LogP contribution is 2.33. The number of fused-ring (bicyclic) bond motifs is 1. The molecule has 0 amide bonds. The van der Waals surface area contributed by atoms with E-state index in [0.29, 0.717) is 12.3 Å². The van der Waals surface area contributed by atoms with Crippen molar-refractivity contribution in [2.45, 2.75) is 32.5 Å². The molecule has 8 nitrogen and oxygen atoms in total. The van der Waals surface area contributed by atoms with E-state index in [4.69, 9.17) is 13.9 Å². The minimum atomic E-state index is -0.276. The second-order valence-electron chi connectivity index (χ2n) is 7.26. The van der Waals surface area contributed by atoms with Crippen molar-refractivity contribution in [2.24, 2.45) is 0 Å². The zero-order valence-corrected chi connectivity index (χ0v) is 17.9. The van der Waals surface area contributed by atoms with Crippen LogP contribution in [0, 0.1) is 0 Å². The fourth-order valence-electron chi connectivity index (χ4n) is 3.80. The molecular formula is C21H25N3O5S. The molecule has 30 heavy (non-hydrogen) atoms. The predicted molar refractivity (Wildman–Crippen MR) is 114 cm³/mol. The van der Waals surface area contributed by atoms with Crippen LogP contribution < -0.4 is 20.0 Å². The molecule has 0 unspecified atom stereocenters. The van der Waals surface area contributed by atoms with E-state index in [-0.39, 0.29) is 17.1 Å². The number of ether oxygens (including phenoxy) is 2. The zero-order chi connectivity index (χ0) is 21.1. The van der Waals surface area contributed by atoms with E-state index in [0.717, 1.165) is 55.5 Å². The molecule has 4 rings (SSSR count). The summed E-state index contributed by atoms with van der Waals surface area (Å²) in [4.78, 5) is 26.8. The predicted octanol–water partition coefficient (Wildman–Crippen LogP) is 2.18. The smallest absolute Gasteiger partial charge is 0.341 e. The Morgan fingerprint density at radius 2 is 1.87 bits per heavy atom. The summed E-state index contributed by atoms with van der Waals surface area (Å²) in [5, 5.41) is 0. The molecule has 3 heterocycles. The summed E-state index contributed by atoms with van der Waals surface area (Å²) in [6.45, 7) is 3.33. The van der Waals surface area contributed by atoms with Gasteiger partial charge in [-0.1, -0.05) is 0 Å². The molecule has 0 aliphatic carbocycles. The Balaban J connectivity index is 1.37. The van der Waals surface area contributed by atoms with Crippen molar-refractivity contribution in [3.63, 3.8) is 0 Å². The Hall–Kier alpha value is -2.78. The third-order valence-electron chi connectivity index (χ3n) is 5.38. The number of hydrogen-bond donors (Lipinski definition) is 0. The summed E-state index contributed by atoms with van der Waals surface area (Å²) in [7, 11) is 3.30. The van der Waals surface area contributed by atoms with Gasteiger partial charge in [0.2, 0.25) is 0 Å². The maximum absolute atomic E-state index is 12.5. The lowest BCUT2D eigenvalue weighted by atomic mass is 9.98. The topological polar surface area (TPSA) is 78.8 Å². The van der Waals surface area contributed by atoms with Crippen LogP contribution in [0.2, 0.25) is 0 Å². The number of furan rings is 1. The van der Waals surface area contributed by atoms with E-state index < -0.39 is 0 Å². The number of aromatic nitrogens is 2. The summed E-state index contributed by atoms with van der Waals surface area (Å²) in [6, 6.07) is 7.61. The van der Waals surface area contributed by atoms with Gasteiger partial charge >= 0.3 is 10.6 Å². The Bertz CT molecular complexity index is 1110. The highest BCUT2D eigenvalue weighted by molar-refractivity contribution is 7.03. The molecular weight excluding hydrogens is 406 g/mol. The van der Waals surface area contributed by atoms with E-state index in [1.54, 1.807) is 26.4 Å². The number of methoxy groups -OCH3 is 2. The van der Waals surface area contributed by atoms with Crippen LogP contribution in [0.5, 0.6) is 11.5 Å². The van der Waals surface area contributed by atoms with Crippen molar-refractivity contribution in [3.05, 3.63) is 67.6 Å². The molecule has 2 aromatic heterocycles. The second kappa shape index (κ2) is 8.93. The van der Waals surface area contributed by atoms with Gasteiger partial charge in [0, 0.05) is 37.7 Å². The van der Waals surface area contributed by atoms with Gasteiger partial charge in [-0.05, 0) is 48.2 Å². The second-order valence-corrected chi connectivity index (χ2v) is 8.24. The van der Waals surface area contributed by atoms with Gasteiger partial charge in [-0.2, -0.15) is 0 Å². The fraction of sp³-hybridized carbons (Fsp3) is 0.429. The summed E-state index contributed by atoms with van der Waals surface area (Å²) < 4.78 is 18.8. The van der Waals surface area contributed by atoms with E-state index in [9.17, 15) is 9.59 Å². The van der Waals surface area contributed by atoms with Crippen molar-refractivity contribution in [3.8, 4) is 11.5 Å². The van der Waals surface area contributed by atoms with Crippen molar-refractivity contribution >= 4 is 11.5 Å². The first-order valence-electron chi connectivity index (χ1n) is 9.88. The Labute approximate surface area is 178 Å². The quantitative estimate of drug-likeness (QED) is 0.544.